The van der Waals surface area contributed by atoms with Crippen LogP contribution in [0.15, 0.2) is 36.4 Å². The number of halogens is 4. The van der Waals surface area contributed by atoms with Crippen LogP contribution in [-0.2, 0) is 0 Å². The molecule has 94 valence electrons. The first-order valence-electron chi connectivity index (χ1n) is 5.34. The summed E-state index contributed by atoms with van der Waals surface area (Å²) < 4.78 is 40.5. The second-order valence-corrected chi connectivity index (χ2v) is 4.92. The van der Waals surface area contributed by atoms with Crippen LogP contribution in [0.25, 0.3) is 0 Å². The Hall–Kier alpha value is -1.29. The highest BCUT2D eigenvalue weighted by atomic mass is 79.9. The molecule has 0 aliphatic carbocycles. The molecule has 0 nitrogen and oxygen atoms in total. The molecule has 0 radical (unpaired) electrons. The Morgan fingerprint density at radius 3 is 2.22 bits per heavy atom. The zero-order chi connectivity index (χ0) is 13.3. The summed E-state index contributed by atoms with van der Waals surface area (Å²) in [5.41, 5.74) is 0.869. The minimum atomic E-state index is -0.691. The lowest BCUT2D eigenvalue weighted by molar-refractivity contribution is 0.566. The number of rotatable bonds is 2. The van der Waals surface area contributed by atoms with Gasteiger partial charge in [0.05, 0.1) is 4.83 Å². The van der Waals surface area contributed by atoms with Crippen LogP contribution in [0.5, 0.6) is 0 Å². The quantitative estimate of drug-likeness (QED) is 0.692. The van der Waals surface area contributed by atoms with Crippen molar-refractivity contribution in [3.63, 3.8) is 0 Å². The summed E-state index contributed by atoms with van der Waals surface area (Å²) in [6.45, 7) is 1.54. The zero-order valence-electron chi connectivity index (χ0n) is 9.55. The van der Waals surface area contributed by atoms with Gasteiger partial charge >= 0.3 is 0 Å². The maximum Gasteiger partial charge on any atom is 0.130 e. The summed E-state index contributed by atoms with van der Waals surface area (Å²) in [7, 11) is 0. The van der Waals surface area contributed by atoms with E-state index in [-0.39, 0.29) is 5.56 Å². The topological polar surface area (TPSA) is 0 Å². The smallest absolute Gasteiger partial charge is 0.130 e. The molecule has 0 spiro atoms. The van der Waals surface area contributed by atoms with Crippen molar-refractivity contribution in [2.75, 3.05) is 0 Å². The average molecular weight is 315 g/mol. The largest absolute Gasteiger partial charge is 0.207 e. The lowest BCUT2D eigenvalue weighted by Gasteiger charge is -2.13. The number of hydrogen-bond donors (Lipinski definition) is 0. The summed E-state index contributed by atoms with van der Waals surface area (Å²) in [5.74, 6) is -1.73. The molecule has 0 saturated carbocycles. The van der Waals surface area contributed by atoms with E-state index in [1.54, 1.807) is 25.1 Å². The van der Waals surface area contributed by atoms with Gasteiger partial charge in [-0.3, -0.25) is 0 Å². The van der Waals surface area contributed by atoms with E-state index in [4.69, 9.17) is 0 Å². The molecule has 4 heteroatoms. The van der Waals surface area contributed by atoms with Crippen LogP contribution in [0.2, 0.25) is 0 Å². The number of aryl methyl sites for hydroxylation is 1. The molecule has 1 atom stereocenters. The fourth-order valence-electron chi connectivity index (χ4n) is 1.72. The lowest BCUT2D eigenvalue weighted by Crippen LogP contribution is -2.01. The first-order chi connectivity index (χ1) is 8.50. The van der Waals surface area contributed by atoms with E-state index >= 15 is 0 Å². The summed E-state index contributed by atoms with van der Waals surface area (Å²) in [6.07, 6.45) is 0. The van der Waals surface area contributed by atoms with Gasteiger partial charge in [0.15, 0.2) is 0 Å². The van der Waals surface area contributed by atoms with Gasteiger partial charge in [0, 0.05) is 17.2 Å². The van der Waals surface area contributed by atoms with E-state index in [9.17, 15) is 13.2 Å². The third-order valence-electron chi connectivity index (χ3n) is 2.73. The maximum absolute atomic E-state index is 13.7. The number of alkyl halides is 1. The Bertz CT molecular complexity index is 581. The molecule has 0 aliphatic heterocycles. The van der Waals surface area contributed by atoms with Crippen LogP contribution in [0.4, 0.5) is 13.2 Å². The van der Waals surface area contributed by atoms with Crippen molar-refractivity contribution < 1.29 is 13.2 Å². The van der Waals surface area contributed by atoms with E-state index in [1.165, 1.54) is 12.1 Å². The van der Waals surface area contributed by atoms with E-state index in [0.717, 1.165) is 6.07 Å². The molecular formula is C14H10BrF3. The van der Waals surface area contributed by atoms with Crippen molar-refractivity contribution >= 4 is 15.9 Å². The molecule has 0 fully saturated rings. The SMILES string of the molecule is Cc1cc(C(Br)c2ccccc2F)c(F)cc1F. The van der Waals surface area contributed by atoms with E-state index in [2.05, 4.69) is 15.9 Å². The summed E-state index contributed by atoms with van der Waals surface area (Å²) in [5, 5.41) is 0. The van der Waals surface area contributed by atoms with Crippen LogP contribution >= 0.6 is 15.9 Å². The van der Waals surface area contributed by atoms with Crippen LogP contribution in [-0.4, -0.2) is 0 Å². The first-order valence-corrected chi connectivity index (χ1v) is 6.26. The molecule has 0 heterocycles. The first kappa shape index (κ1) is 13.1. The van der Waals surface area contributed by atoms with Gasteiger partial charge in [-0.25, -0.2) is 13.2 Å². The highest BCUT2D eigenvalue weighted by molar-refractivity contribution is 9.09. The van der Waals surface area contributed by atoms with E-state index < -0.39 is 22.3 Å². The minimum Gasteiger partial charge on any atom is -0.207 e. The van der Waals surface area contributed by atoms with E-state index in [1.807, 2.05) is 0 Å². The van der Waals surface area contributed by atoms with Gasteiger partial charge in [-0.2, -0.15) is 0 Å². The third-order valence-corrected chi connectivity index (χ3v) is 3.72. The van der Waals surface area contributed by atoms with Crippen molar-refractivity contribution in [2.45, 2.75) is 11.8 Å². The predicted molar refractivity (Wildman–Crippen MR) is 68.3 cm³/mol. The Morgan fingerprint density at radius 2 is 1.56 bits per heavy atom. The van der Waals surface area contributed by atoms with Crippen LogP contribution < -0.4 is 0 Å². The van der Waals surface area contributed by atoms with Gasteiger partial charge in [-0.05, 0) is 24.6 Å². The molecule has 2 aromatic rings. The number of hydrogen-bond acceptors (Lipinski definition) is 0. The molecule has 0 aromatic heterocycles. The monoisotopic (exact) mass is 314 g/mol. The normalized spacial score (nSPS) is 12.5. The molecule has 2 rings (SSSR count). The van der Waals surface area contributed by atoms with Gasteiger partial charge in [-0.15, -0.1) is 0 Å². The summed E-state index contributed by atoms with van der Waals surface area (Å²) >= 11 is 3.25. The van der Waals surface area contributed by atoms with Gasteiger partial charge < -0.3 is 0 Å². The molecule has 0 N–H and O–H groups in total. The highest BCUT2D eigenvalue weighted by Crippen LogP contribution is 2.34. The molecule has 2 aromatic carbocycles. The fraction of sp³-hybridized carbons (Fsp3) is 0.143. The zero-order valence-corrected chi connectivity index (χ0v) is 11.1. The van der Waals surface area contributed by atoms with Gasteiger partial charge in [-0.1, -0.05) is 34.1 Å². The standard InChI is InChI=1S/C14H10BrF3/c1-8-6-10(13(18)7-12(8)17)14(15)9-4-2-3-5-11(9)16/h2-7,14H,1H3. The maximum atomic E-state index is 13.7. The van der Waals surface area contributed by atoms with Crippen LogP contribution in [0.1, 0.15) is 21.5 Å². The highest BCUT2D eigenvalue weighted by Gasteiger charge is 2.19. The van der Waals surface area contributed by atoms with Gasteiger partial charge in [0.1, 0.15) is 17.5 Å². The lowest BCUT2D eigenvalue weighted by atomic mass is 10.0. The summed E-state index contributed by atoms with van der Waals surface area (Å²) in [6, 6.07) is 8.30. The van der Waals surface area contributed by atoms with Crippen LogP contribution in [0, 0.1) is 24.4 Å². The Kier molecular flexibility index (Phi) is 3.76. The van der Waals surface area contributed by atoms with Crippen molar-refractivity contribution in [3.05, 3.63) is 70.5 Å². The predicted octanol–water partition coefficient (Wildman–Crippen LogP) is 4.90. The van der Waals surface area contributed by atoms with Crippen molar-refractivity contribution in [3.8, 4) is 0 Å². The van der Waals surface area contributed by atoms with Crippen LogP contribution in [0.3, 0.4) is 0 Å². The van der Waals surface area contributed by atoms with Gasteiger partial charge in [0.2, 0.25) is 0 Å². The Balaban J connectivity index is 2.50. The fourth-order valence-corrected chi connectivity index (χ4v) is 2.44. The molecule has 18 heavy (non-hydrogen) atoms. The van der Waals surface area contributed by atoms with Gasteiger partial charge in [0.25, 0.3) is 0 Å². The third kappa shape index (κ3) is 2.43. The second-order valence-electron chi connectivity index (χ2n) is 4.01. The minimum absolute atomic E-state index is 0.221. The van der Waals surface area contributed by atoms with E-state index in [0.29, 0.717) is 11.1 Å². The second kappa shape index (κ2) is 5.14. The number of benzene rings is 2. The van der Waals surface area contributed by atoms with Crippen molar-refractivity contribution in [2.24, 2.45) is 0 Å². The molecule has 0 bridgehead atoms. The molecule has 0 amide bonds. The van der Waals surface area contributed by atoms with Crippen molar-refractivity contribution in [1.82, 2.24) is 0 Å². The average Bonchev–Trinajstić information content (AvgIpc) is 2.33. The molecule has 0 aliphatic rings. The molecule has 0 saturated heterocycles. The molecule has 1 unspecified atom stereocenters. The molecular weight excluding hydrogens is 305 g/mol. The van der Waals surface area contributed by atoms with Crippen molar-refractivity contribution in [1.29, 1.82) is 0 Å². The Labute approximate surface area is 112 Å². The Morgan fingerprint density at radius 1 is 0.889 bits per heavy atom. The summed E-state index contributed by atoms with van der Waals surface area (Å²) in [4.78, 5) is -0.641.